The quantitative estimate of drug-likeness (QED) is 0.410. The summed E-state index contributed by atoms with van der Waals surface area (Å²) in [6, 6.07) is 9.43. The molecule has 0 N–H and O–H groups in total. The van der Waals surface area contributed by atoms with Gasteiger partial charge in [0, 0.05) is 17.8 Å². The number of hydrogen-bond acceptors (Lipinski definition) is 4. The third kappa shape index (κ3) is 3.25. The number of carbonyl (C=O) groups is 1. The average Bonchev–Trinajstić information content (AvgIpc) is 2.91. The number of anilines is 1. The molecular weight excluding hydrogens is 328 g/mol. The molecule has 0 spiro atoms. The third-order valence-electron chi connectivity index (χ3n) is 3.25. The monoisotopic (exact) mass is 344 g/mol. The number of amides is 1. The number of fused-ring (bicyclic) bond motifs is 1. The molecule has 0 aliphatic carbocycles. The highest BCUT2D eigenvalue weighted by Crippen LogP contribution is 2.32. The van der Waals surface area contributed by atoms with Crippen LogP contribution < -0.4 is 5.06 Å². The number of aromatic nitrogens is 3. The second-order valence-electron chi connectivity index (χ2n) is 6.22. The van der Waals surface area contributed by atoms with E-state index < -0.39 is 5.60 Å². The van der Waals surface area contributed by atoms with E-state index in [9.17, 15) is 4.79 Å². The van der Waals surface area contributed by atoms with Gasteiger partial charge in [-0.2, -0.15) is 10.0 Å². The molecular formula is C17H17ClN4O2. The minimum atomic E-state index is -0.512. The van der Waals surface area contributed by atoms with Gasteiger partial charge in [0.2, 0.25) is 11.7 Å². The van der Waals surface area contributed by atoms with Crippen LogP contribution in [0.5, 0.6) is 0 Å². The molecule has 6 nitrogen and oxygen atoms in total. The molecule has 1 aromatic carbocycles. The highest BCUT2D eigenvalue weighted by molar-refractivity contribution is 6.28. The fraction of sp³-hybridized carbons (Fsp3) is 0.235. The zero-order valence-corrected chi connectivity index (χ0v) is 14.4. The van der Waals surface area contributed by atoms with E-state index in [2.05, 4.69) is 9.97 Å². The smallest absolute Gasteiger partial charge is 0.238 e. The van der Waals surface area contributed by atoms with Crippen LogP contribution in [-0.4, -0.2) is 26.5 Å². The molecule has 1 amide bonds. The van der Waals surface area contributed by atoms with Gasteiger partial charge < -0.3 is 0 Å². The zero-order valence-electron chi connectivity index (χ0n) is 13.6. The number of para-hydroxylation sites is 1. The molecule has 0 atom stereocenters. The zero-order chi connectivity index (χ0) is 17.3. The maximum atomic E-state index is 11.6. The van der Waals surface area contributed by atoms with Gasteiger partial charge >= 0.3 is 0 Å². The van der Waals surface area contributed by atoms with E-state index in [1.165, 1.54) is 5.06 Å². The van der Waals surface area contributed by atoms with Crippen molar-refractivity contribution in [3.05, 3.63) is 48.0 Å². The molecule has 0 saturated carbocycles. The van der Waals surface area contributed by atoms with Crippen molar-refractivity contribution in [1.29, 1.82) is 0 Å². The molecule has 24 heavy (non-hydrogen) atoms. The van der Waals surface area contributed by atoms with Gasteiger partial charge in [-0.05, 0) is 44.5 Å². The second kappa shape index (κ2) is 6.22. The summed E-state index contributed by atoms with van der Waals surface area (Å²) in [4.78, 5) is 25.5. The average molecular weight is 345 g/mol. The Morgan fingerprint density at radius 2 is 2.00 bits per heavy atom. The maximum absolute atomic E-state index is 11.6. The number of benzene rings is 1. The van der Waals surface area contributed by atoms with Crippen LogP contribution >= 0.6 is 11.6 Å². The lowest BCUT2D eigenvalue weighted by Gasteiger charge is -2.26. The Bertz CT molecular complexity index is 886. The first-order valence-corrected chi connectivity index (χ1v) is 7.79. The summed E-state index contributed by atoms with van der Waals surface area (Å²) in [6.07, 6.45) is 4.04. The summed E-state index contributed by atoms with van der Waals surface area (Å²) < 4.78 is 1.85. The van der Waals surface area contributed by atoms with Gasteiger partial charge in [-0.3, -0.25) is 14.2 Å². The normalized spacial score (nSPS) is 11.7. The minimum Gasteiger partial charge on any atom is -0.299 e. The van der Waals surface area contributed by atoms with Crippen LogP contribution in [0.3, 0.4) is 0 Å². The molecule has 0 aliphatic heterocycles. The van der Waals surface area contributed by atoms with E-state index in [-0.39, 0.29) is 5.28 Å². The van der Waals surface area contributed by atoms with Crippen molar-refractivity contribution in [2.75, 3.05) is 5.06 Å². The standard InChI is InChI=1S/C17H17ClN4O2/c1-17(2,3)24-22(11-23)14-10-21(13-7-5-4-6-12(13)14)15-8-9-19-16(18)20-15/h4-11H,1-3H3. The fourth-order valence-electron chi connectivity index (χ4n) is 2.41. The molecule has 0 radical (unpaired) electrons. The molecule has 0 aliphatic rings. The van der Waals surface area contributed by atoms with Crippen LogP contribution in [0.1, 0.15) is 20.8 Å². The van der Waals surface area contributed by atoms with Gasteiger partial charge in [0.1, 0.15) is 5.82 Å². The Labute approximate surface area is 144 Å². The second-order valence-corrected chi connectivity index (χ2v) is 6.56. The molecule has 2 heterocycles. The number of rotatable bonds is 4. The Balaban J connectivity index is 2.18. The summed E-state index contributed by atoms with van der Waals surface area (Å²) in [5.41, 5.74) is 0.999. The number of halogens is 1. The Morgan fingerprint density at radius 3 is 2.67 bits per heavy atom. The summed E-state index contributed by atoms with van der Waals surface area (Å²) in [6.45, 7) is 5.65. The topological polar surface area (TPSA) is 60.2 Å². The molecule has 0 bridgehead atoms. The molecule has 7 heteroatoms. The van der Waals surface area contributed by atoms with Gasteiger partial charge in [0.15, 0.2) is 0 Å². The van der Waals surface area contributed by atoms with Crippen molar-refractivity contribution in [3.63, 3.8) is 0 Å². The van der Waals surface area contributed by atoms with Crippen LogP contribution in [0.15, 0.2) is 42.7 Å². The van der Waals surface area contributed by atoms with Crippen LogP contribution in [0.25, 0.3) is 16.7 Å². The first kappa shape index (κ1) is 16.4. The Morgan fingerprint density at radius 1 is 1.25 bits per heavy atom. The molecule has 2 aromatic heterocycles. The van der Waals surface area contributed by atoms with Crippen molar-refractivity contribution in [2.45, 2.75) is 26.4 Å². The van der Waals surface area contributed by atoms with Gasteiger partial charge in [0.05, 0.1) is 16.8 Å². The molecule has 0 fully saturated rings. The van der Waals surface area contributed by atoms with Crippen LogP contribution in [0.4, 0.5) is 5.69 Å². The number of carbonyl (C=O) groups excluding carboxylic acids is 1. The number of hydroxylamine groups is 1. The minimum absolute atomic E-state index is 0.157. The van der Waals surface area contributed by atoms with Crippen molar-refractivity contribution in [1.82, 2.24) is 14.5 Å². The van der Waals surface area contributed by atoms with E-state index in [1.807, 2.05) is 49.6 Å². The maximum Gasteiger partial charge on any atom is 0.238 e. The lowest BCUT2D eigenvalue weighted by molar-refractivity contribution is -0.120. The van der Waals surface area contributed by atoms with Crippen molar-refractivity contribution >= 4 is 34.6 Å². The van der Waals surface area contributed by atoms with E-state index in [0.717, 1.165) is 10.9 Å². The summed E-state index contributed by atoms with van der Waals surface area (Å²) in [5, 5.41) is 2.26. The highest BCUT2D eigenvalue weighted by Gasteiger charge is 2.21. The Hall–Kier alpha value is -2.44. The summed E-state index contributed by atoms with van der Waals surface area (Å²) in [7, 11) is 0. The summed E-state index contributed by atoms with van der Waals surface area (Å²) in [5.74, 6) is 0.610. The van der Waals surface area contributed by atoms with Crippen LogP contribution in [-0.2, 0) is 9.63 Å². The molecule has 0 saturated heterocycles. The predicted octanol–water partition coefficient (Wildman–Crippen LogP) is 3.77. The molecule has 0 unspecified atom stereocenters. The van der Waals surface area contributed by atoms with Gasteiger partial charge in [-0.15, -0.1) is 0 Å². The van der Waals surface area contributed by atoms with Gasteiger partial charge in [-0.25, -0.2) is 4.98 Å². The van der Waals surface area contributed by atoms with Crippen LogP contribution in [0, 0.1) is 0 Å². The Kier molecular flexibility index (Phi) is 4.26. The predicted molar refractivity (Wildman–Crippen MR) is 93.3 cm³/mol. The van der Waals surface area contributed by atoms with Crippen molar-refractivity contribution < 1.29 is 9.63 Å². The highest BCUT2D eigenvalue weighted by atomic mass is 35.5. The molecule has 3 rings (SSSR count). The lowest BCUT2D eigenvalue weighted by Crippen LogP contribution is -2.32. The van der Waals surface area contributed by atoms with Crippen molar-refractivity contribution in [2.24, 2.45) is 0 Å². The molecule has 124 valence electrons. The van der Waals surface area contributed by atoms with E-state index in [1.54, 1.807) is 18.5 Å². The first-order valence-electron chi connectivity index (χ1n) is 7.42. The SMILES string of the molecule is CC(C)(C)ON(C=O)c1cn(-c2ccnc(Cl)n2)c2ccccc12. The molecule has 3 aromatic rings. The van der Waals surface area contributed by atoms with E-state index in [4.69, 9.17) is 16.4 Å². The fourth-order valence-corrected chi connectivity index (χ4v) is 2.55. The van der Waals surface area contributed by atoms with E-state index in [0.29, 0.717) is 17.9 Å². The van der Waals surface area contributed by atoms with E-state index >= 15 is 0 Å². The van der Waals surface area contributed by atoms with Crippen molar-refractivity contribution in [3.8, 4) is 5.82 Å². The van der Waals surface area contributed by atoms with Gasteiger partial charge in [-0.1, -0.05) is 18.2 Å². The first-order chi connectivity index (χ1) is 11.4. The number of nitrogens with zero attached hydrogens (tertiary/aromatic N) is 4. The number of hydrogen-bond donors (Lipinski definition) is 0. The van der Waals surface area contributed by atoms with Gasteiger partial charge in [0.25, 0.3) is 0 Å². The van der Waals surface area contributed by atoms with Crippen LogP contribution in [0.2, 0.25) is 5.28 Å². The summed E-state index contributed by atoms with van der Waals surface area (Å²) >= 11 is 5.90. The largest absolute Gasteiger partial charge is 0.299 e. The lowest BCUT2D eigenvalue weighted by atomic mass is 10.2. The third-order valence-corrected chi connectivity index (χ3v) is 3.44.